The number of hydrogen-bond acceptors (Lipinski definition) is 5. The first-order valence-electron chi connectivity index (χ1n) is 14.1. The van der Waals surface area contributed by atoms with Gasteiger partial charge in [-0.1, -0.05) is 42.5 Å². The lowest BCUT2D eigenvalue weighted by molar-refractivity contribution is -0.133. The molecule has 8 heteroatoms. The molecule has 1 N–H and O–H groups in total. The fourth-order valence-electron chi connectivity index (χ4n) is 5.83. The van der Waals surface area contributed by atoms with E-state index in [-0.39, 0.29) is 34.8 Å². The molecule has 3 unspecified atom stereocenters. The predicted molar refractivity (Wildman–Crippen MR) is 155 cm³/mol. The molecule has 2 amide bonds. The van der Waals surface area contributed by atoms with Crippen LogP contribution in [0.3, 0.4) is 0 Å². The topological polar surface area (TPSA) is 55.9 Å². The third-order valence-corrected chi connectivity index (χ3v) is 9.58. The highest BCUT2D eigenvalue weighted by Crippen LogP contribution is 2.44. The van der Waals surface area contributed by atoms with Gasteiger partial charge in [0.25, 0.3) is 5.91 Å². The van der Waals surface area contributed by atoms with Crippen LogP contribution in [0.4, 0.5) is 4.39 Å². The Balaban J connectivity index is 1.23. The maximum Gasteiger partial charge on any atom is 0.260 e. The molecule has 5 rings (SSSR count). The molecule has 1 aliphatic carbocycles. The number of thioether (sulfide) groups is 1. The number of fused-ring (bicyclic) bond motifs is 1. The summed E-state index contributed by atoms with van der Waals surface area (Å²) in [5, 5.41) is 3.42. The second kappa shape index (κ2) is 13.1. The maximum atomic E-state index is 13.8. The highest BCUT2D eigenvalue weighted by atomic mass is 32.2. The summed E-state index contributed by atoms with van der Waals surface area (Å²) in [7, 11) is 2.16. The van der Waals surface area contributed by atoms with Crippen molar-refractivity contribution in [2.24, 2.45) is 5.92 Å². The number of carbonyl (C=O) groups is 2. The molecule has 1 saturated carbocycles. The van der Waals surface area contributed by atoms with E-state index in [0.717, 1.165) is 68.0 Å². The summed E-state index contributed by atoms with van der Waals surface area (Å²) in [5.41, 5.74) is 1.89. The Morgan fingerprint density at radius 1 is 1.05 bits per heavy atom. The zero-order valence-electron chi connectivity index (χ0n) is 22.7. The number of nitrogens with zero attached hydrogens (tertiary/aromatic N) is 3. The Bertz CT molecular complexity index is 1150. The van der Waals surface area contributed by atoms with Crippen molar-refractivity contribution in [1.29, 1.82) is 0 Å². The number of amides is 2. The maximum absolute atomic E-state index is 13.8. The van der Waals surface area contributed by atoms with Crippen molar-refractivity contribution in [3.63, 3.8) is 0 Å². The Kier molecular flexibility index (Phi) is 9.37. The Morgan fingerprint density at radius 2 is 1.79 bits per heavy atom. The van der Waals surface area contributed by atoms with Gasteiger partial charge < -0.3 is 20.0 Å². The summed E-state index contributed by atoms with van der Waals surface area (Å²) < 4.78 is 13.6. The summed E-state index contributed by atoms with van der Waals surface area (Å²) in [5.74, 6) is -0.290. The summed E-state index contributed by atoms with van der Waals surface area (Å²) >= 11 is 1.66. The van der Waals surface area contributed by atoms with Crippen molar-refractivity contribution in [1.82, 2.24) is 20.0 Å². The number of benzene rings is 2. The van der Waals surface area contributed by atoms with Crippen LogP contribution in [0.1, 0.15) is 36.8 Å². The largest absolute Gasteiger partial charge is 0.356 e. The number of hydrogen-bond donors (Lipinski definition) is 1. The number of carbonyl (C=O) groups excluding carboxylic acids is 2. The van der Waals surface area contributed by atoms with Crippen molar-refractivity contribution in [3.05, 3.63) is 76.4 Å². The van der Waals surface area contributed by atoms with Gasteiger partial charge in [0.05, 0.1) is 4.91 Å². The molecule has 0 bridgehead atoms. The average Bonchev–Trinajstić information content (AvgIpc) is 2.95. The lowest BCUT2D eigenvalue weighted by Crippen LogP contribution is -2.53. The molecule has 0 aromatic heterocycles. The Labute approximate surface area is 235 Å². The minimum Gasteiger partial charge on any atom is -0.356 e. The molecule has 39 heavy (non-hydrogen) atoms. The molecule has 0 spiro atoms. The normalized spacial score (nSPS) is 25.5. The number of piperazine rings is 1. The van der Waals surface area contributed by atoms with Crippen LogP contribution in [-0.2, 0) is 16.1 Å². The molecule has 2 heterocycles. The van der Waals surface area contributed by atoms with Crippen LogP contribution in [0.15, 0.2) is 59.5 Å². The molecule has 208 valence electrons. The van der Waals surface area contributed by atoms with E-state index in [4.69, 9.17) is 0 Å². The monoisotopic (exact) mass is 550 g/mol. The van der Waals surface area contributed by atoms with Crippen molar-refractivity contribution in [2.75, 3.05) is 46.3 Å². The minimum atomic E-state index is -0.288. The summed E-state index contributed by atoms with van der Waals surface area (Å²) in [6.45, 7) is 6.49. The van der Waals surface area contributed by atoms with E-state index in [1.54, 1.807) is 23.9 Å². The van der Waals surface area contributed by atoms with E-state index in [0.29, 0.717) is 19.5 Å². The van der Waals surface area contributed by atoms with E-state index < -0.39 is 0 Å². The van der Waals surface area contributed by atoms with Gasteiger partial charge in [-0.25, -0.2) is 4.39 Å². The molecular weight excluding hydrogens is 511 g/mol. The van der Waals surface area contributed by atoms with Gasteiger partial charge in [-0.3, -0.25) is 9.59 Å². The first-order valence-corrected chi connectivity index (χ1v) is 15.0. The Morgan fingerprint density at radius 3 is 2.54 bits per heavy atom. The van der Waals surface area contributed by atoms with Gasteiger partial charge in [-0.05, 0) is 68.6 Å². The molecule has 2 aromatic rings. The van der Waals surface area contributed by atoms with Gasteiger partial charge in [0, 0.05) is 56.5 Å². The lowest BCUT2D eigenvalue weighted by Gasteiger charge is -2.46. The second-order valence-corrected chi connectivity index (χ2v) is 12.3. The Hall–Kier alpha value is -2.68. The zero-order chi connectivity index (χ0) is 27.2. The quantitative estimate of drug-likeness (QED) is 0.394. The van der Waals surface area contributed by atoms with E-state index in [2.05, 4.69) is 22.2 Å². The predicted octanol–water partition coefficient (Wildman–Crippen LogP) is 4.23. The van der Waals surface area contributed by atoms with Gasteiger partial charge in [-0.15, -0.1) is 11.8 Å². The van der Waals surface area contributed by atoms with Crippen molar-refractivity contribution >= 4 is 29.7 Å². The van der Waals surface area contributed by atoms with Crippen molar-refractivity contribution < 1.29 is 14.0 Å². The number of likely N-dealkylation sites (N-methyl/N-ethyl adjacent to an activating group) is 1. The highest BCUT2D eigenvalue weighted by molar-refractivity contribution is 8.04. The van der Waals surface area contributed by atoms with E-state index >= 15 is 0 Å². The summed E-state index contributed by atoms with van der Waals surface area (Å²) in [6.07, 6.45) is 5.30. The van der Waals surface area contributed by atoms with Crippen LogP contribution >= 0.6 is 11.8 Å². The van der Waals surface area contributed by atoms with E-state index in [1.165, 1.54) is 12.1 Å². The van der Waals surface area contributed by atoms with Crippen LogP contribution in [0.2, 0.25) is 0 Å². The number of halogens is 1. The summed E-state index contributed by atoms with van der Waals surface area (Å²) in [4.78, 5) is 34.4. The molecule has 2 aromatic carbocycles. The standard InChI is InChI=1S/C31H39FN4O2S/c1-34-16-18-35(19-17-34)15-5-14-33-30(37)25-10-13-28-27(21-25)36(22-24-8-11-26(32)12-9-24)31(38)29(39-28)20-23-6-3-2-4-7-23/h2-4,6-9,11-12,20,25,27-28H,5,10,13-19,21-22H2,1H3,(H,33,37)/b29-20+. The molecule has 2 saturated heterocycles. The molecule has 3 fully saturated rings. The molecule has 2 aliphatic heterocycles. The molecule has 0 radical (unpaired) electrons. The number of nitrogens with one attached hydrogen (secondary N) is 1. The van der Waals surface area contributed by atoms with Crippen LogP contribution in [0, 0.1) is 11.7 Å². The first-order chi connectivity index (χ1) is 19.0. The fraction of sp³-hybridized carbons (Fsp3) is 0.484. The fourth-order valence-corrected chi connectivity index (χ4v) is 7.25. The second-order valence-electron chi connectivity index (χ2n) is 11.0. The zero-order valence-corrected chi connectivity index (χ0v) is 23.5. The third kappa shape index (κ3) is 7.29. The average molecular weight is 551 g/mol. The van der Waals surface area contributed by atoms with Crippen LogP contribution in [0.25, 0.3) is 6.08 Å². The van der Waals surface area contributed by atoms with Gasteiger partial charge >= 0.3 is 0 Å². The summed E-state index contributed by atoms with van der Waals surface area (Å²) in [6, 6.07) is 16.2. The van der Waals surface area contributed by atoms with Crippen LogP contribution in [0.5, 0.6) is 0 Å². The van der Waals surface area contributed by atoms with Gasteiger partial charge in [0.15, 0.2) is 0 Å². The van der Waals surface area contributed by atoms with Gasteiger partial charge in [0.1, 0.15) is 5.82 Å². The van der Waals surface area contributed by atoms with E-state index in [1.807, 2.05) is 41.3 Å². The lowest BCUT2D eigenvalue weighted by atomic mass is 9.83. The third-order valence-electron chi connectivity index (χ3n) is 8.19. The van der Waals surface area contributed by atoms with Crippen LogP contribution < -0.4 is 5.32 Å². The van der Waals surface area contributed by atoms with Gasteiger partial charge in [0.2, 0.25) is 5.91 Å². The molecular formula is C31H39FN4O2S. The van der Waals surface area contributed by atoms with Crippen LogP contribution in [-0.4, -0.2) is 84.1 Å². The first kappa shape index (κ1) is 27.9. The SMILES string of the molecule is CN1CCN(CCCNC(=O)C2CCC3S/C(=C/c4ccccc4)C(=O)N(Cc4ccc(F)cc4)C3C2)CC1. The highest BCUT2D eigenvalue weighted by Gasteiger charge is 2.44. The number of rotatable bonds is 8. The van der Waals surface area contributed by atoms with E-state index in [9.17, 15) is 14.0 Å². The molecule has 3 atom stereocenters. The smallest absolute Gasteiger partial charge is 0.260 e. The minimum absolute atomic E-state index is 0.0114. The van der Waals surface area contributed by atoms with Crippen molar-refractivity contribution in [2.45, 2.75) is 43.5 Å². The molecule has 6 nitrogen and oxygen atoms in total. The van der Waals surface area contributed by atoms with Gasteiger partial charge in [-0.2, -0.15) is 0 Å². The van der Waals surface area contributed by atoms with Crippen molar-refractivity contribution in [3.8, 4) is 0 Å². The molecule has 3 aliphatic rings.